The van der Waals surface area contributed by atoms with Crippen molar-refractivity contribution in [2.24, 2.45) is 0 Å². The Labute approximate surface area is 142 Å². The van der Waals surface area contributed by atoms with E-state index in [9.17, 15) is 4.79 Å². The summed E-state index contributed by atoms with van der Waals surface area (Å²) in [7, 11) is 0. The summed E-state index contributed by atoms with van der Waals surface area (Å²) in [5.74, 6) is 0.0174. The number of nitrogens with one attached hydrogen (secondary N) is 2. The van der Waals surface area contributed by atoms with Gasteiger partial charge in [-0.2, -0.15) is 0 Å². The minimum absolute atomic E-state index is 0.0174. The molecule has 1 saturated carbocycles. The first-order valence-electron chi connectivity index (χ1n) is 8.08. The number of carbonyl (C=O) groups is 1. The summed E-state index contributed by atoms with van der Waals surface area (Å²) in [6.07, 6.45) is 3.17. The van der Waals surface area contributed by atoms with E-state index in [1.807, 2.05) is 48.5 Å². The van der Waals surface area contributed by atoms with E-state index in [2.05, 4.69) is 17.6 Å². The molecule has 2 N–H and O–H groups in total. The maximum atomic E-state index is 12.0. The molecule has 0 spiro atoms. The molecule has 0 aliphatic heterocycles. The molecular weight excluding hydrogens is 308 g/mol. The molecule has 1 unspecified atom stereocenters. The summed E-state index contributed by atoms with van der Waals surface area (Å²) in [5.41, 5.74) is 2.92. The second kappa shape index (κ2) is 7.05. The zero-order chi connectivity index (χ0) is 16.2. The van der Waals surface area contributed by atoms with Crippen LogP contribution in [0, 0.1) is 0 Å². The van der Waals surface area contributed by atoms with E-state index in [4.69, 9.17) is 11.6 Å². The standard InChI is InChI=1S/C19H21ClN2O/c1-2-18(13-3-7-15(20)8-4-13)21-16-9-5-14(6-10-16)19(23)22-17-11-12-17/h3-10,17-18,21H,2,11-12H2,1H3,(H,22,23). The fourth-order valence-electron chi connectivity index (χ4n) is 2.53. The smallest absolute Gasteiger partial charge is 0.251 e. The molecule has 0 radical (unpaired) electrons. The van der Waals surface area contributed by atoms with E-state index in [1.165, 1.54) is 5.56 Å². The third-order valence-corrected chi connectivity index (χ3v) is 4.33. The van der Waals surface area contributed by atoms with Crippen molar-refractivity contribution in [3.8, 4) is 0 Å². The number of benzene rings is 2. The van der Waals surface area contributed by atoms with Gasteiger partial charge in [-0.1, -0.05) is 30.7 Å². The molecule has 120 valence electrons. The highest BCUT2D eigenvalue weighted by Crippen LogP contribution is 2.24. The lowest BCUT2D eigenvalue weighted by Gasteiger charge is -2.19. The highest BCUT2D eigenvalue weighted by Gasteiger charge is 2.23. The van der Waals surface area contributed by atoms with Crippen LogP contribution < -0.4 is 10.6 Å². The number of carbonyl (C=O) groups excluding carboxylic acids is 1. The van der Waals surface area contributed by atoms with Crippen molar-refractivity contribution in [3.63, 3.8) is 0 Å². The lowest BCUT2D eigenvalue weighted by molar-refractivity contribution is 0.0951. The van der Waals surface area contributed by atoms with Gasteiger partial charge in [0.25, 0.3) is 5.91 Å². The first kappa shape index (κ1) is 15.9. The van der Waals surface area contributed by atoms with Crippen molar-refractivity contribution in [3.05, 3.63) is 64.7 Å². The Balaban J connectivity index is 1.66. The second-order valence-corrected chi connectivity index (χ2v) is 6.42. The topological polar surface area (TPSA) is 41.1 Å². The first-order chi connectivity index (χ1) is 11.2. The molecule has 0 aromatic heterocycles. The van der Waals surface area contributed by atoms with Gasteiger partial charge in [-0.05, 0) is 61.2 Å². The van der Waals surface area contributed by atoms with Crippen molar-refractivity contribution in [1.29, 1.82) is 0 Å². The van der Waals surface area contributed by atoms with Crippen LogP contribution in [0.2, 0.25) is 5.02 Å². The Kier molecular flexibility index (Phi) is 4.87. The largest absolute Gasteiger partial charge is 0.378 e. The predicted octanol–water partition coefficient (Wildman–Crippen LogP) is 4.80. The molecule has 1 aliphatic carbocycles. The summed E-state index contributed by atoms with van der Waals surface area (Å²) in [6, 6.07) is 16.2. The fourth-order valence-corrected chi connectivity index (χ4v) is 2.66. The molecule has 0 heterocycles. The number of anilines is 1. The number of rotatable bonds is 6. The molecule has 0 bridgehead atoms. The van der Waals surface area contributed by atoms with E-state index in [0.29, 0.717) is 11.6 Å². The van der Waals surface area contributed by atoms with Crippen LogP contribution in [0.25, 0.3) is 0 Å². The third-order valence-electron chi connectivity index (χ3n) is 4.08. The van der Waals surface area contributed by atoms with E-state index < -0.39 is 0 Å². The molecule has 2 aromatic carbocycles. The average Bonchev–Trinajstić information content (AvgIpc) is 3.38. The Hall–Kier alpha value is -2.00. The Morgan fingerprint density at radius 3 is 2.35 bits per heavy atom. The van der Waals surface area contributed by atoms with Gasteiger partial charge < -0.3 is 10.6 Å². The molecule has 0 saturated heterocycles. The molecule has 1 fully saturated rings. The van der Waals surface area contributed by atoms with Crippen LogP contribution in [0.1, 0.15) is 48.1 Å². The van der Waals surface area contributed by atoms with E-state index in [-0.39, 0.29) is 11.9 Å². The molecule has 1 atom stereocenters. The minimum atomic E-state index is 0.0174. The lowest BCUT2D eigenvalue weighted by atomic mass is 10.0. The van der Waals surface area contributed by atoms with E-state index in [0.717, 1.165) is 30.0 Å². The molecule has 1 aliphatic rings. The van der Waals surface area contributed by atoms with Gasteiger partial charge in [0.05, 0.1) is 6.04 Å². The lowest BCUT2D eigenvalue weighted by Crippen LogP contribution is -2.25. The Morgan fingerprint density at radius 2 is 1.78 bits per heavy atom. The summed E-state index contributed by atoms with van der Waals surface area (Å²) in [4.78, 5) is 12.0. The van der Waals surface area contributed by atoms with Crippen molar-refractivity contribution >= 4 is 23.2 Å². The highest BCUT2D eigenvalue weighted by atomic mass is 35.5. The average molecular weight is 329 g/mol. The van der Waals surface area contributed by atoms with Gasteiger partial charge in [0.2, 0.25) is 0 Å². The molecule has 4 heteroatoms. The van der Waals surface area contributed by atoms with Crippen LogP contribution in [0.3, 0.4) is 0 Å². The molecule has 1 amide bonds. The number of halogens is 1. The van der Waals surface area contributed by atoms with Crippen LogP contribution in [0.5, 0.6) is 0 Å². The van der Waals surface area contributed by atoms with Gasteiger partial charge in [-0.25, -0.2) is 0 Å². The molecule has 2 aromatic rings. The molecule has 3 nitrogen and oxygen atoms in total. The first-order valence-corrected chi connectivity index (χ1v) is 8.46. The normalized spacial score (nSPS) is 15.0. The van der Waals surface area contributed by atoms with Crippen LogP contribution in [0.4, 0.5) is 5.69 Å². The Bertz CT molecular complexity index is 663. The van der Waals surface area contributed by atoms with Crippen molar-refractivity contribution in [1.82, 2.24) is 5.32 Å². The van der Waals surface area contributed by atoms with E-state index in [1.54, 1.807) is 0 Å². The maximum Gasteiger partial charge on any atom is 0.251 e. The number of hydrogen-bond acceptors (Lipinski definition) is 2. The SMILES string of the molecule is CCC(Nc1ccc(C(=O)NC2CC2)cc1)c1ccc(Cl)cc1. The van der Waals surface area contributed by atoms with Crippen molar-refractivity contribution in [2.75, 3.05) is 5.32 Å². The van der Waals surface area contributed by atoms with Crippen LogP contribution in [0.15, 0.2) is 48.5 Å². The van der Waals surface area contributed by atoms with Gasteiger partial charge in [0, 0.05) is 22.3 Å². The summed E-state index contributed by atoms with van der Waals surface area (Å²) in [5, 5.41) is 7.25. The van der Waals surface area contributed by atoms with Gasteiger partial charge >= 0.3 is 0 Å². The van der Waals surface area contributed by atoms with E-state index >= 15 is 0 Å². The predicted molar refractivity (Wildman–Crippen MR) is 95.0 cm³/mol. The summed E-state index contributed by atoms with van der Waals surface area (Å²) >= 11 is 5.95. The van der Waals surface area contributed by atoms with Crippen LogP contribution in [-0.4, -0.2) is 11.9 Å². The Morgan fingerprint density at radius 1 is 1.13 bits per heavy atom. The monoisotopic (exact) mass is 328 g/mol. The molecule has 23 heavy (non-hydrogen) atoms. The summed E-state index contributed by atoms with van der Waals surface area (Å²) in [6.45, 7) is 2.14. The fraction of sp³-hybridized carbons (Fsp3) is 0.316. The quantitative estimate of drug-likeness (QED) is 0.800. The molecule has 3 rings (SSSR count). The van der Waals surface area contributed by atoms with Gasteiger partial charge in [0.15, 0.2) is 0 Å². The third kappa shape index (κ3) is 4.26. The second-order valence-electron chi connectivity index (χ2n) is 5.98. The highest BCUT2D eigenvalue weighted by molar-refractivity contribution is 6.30. The van der Waals surface area contributed by atoms with Gasteiger partial charge in [0.1, 0.15) is 0 Å². The molecular formula is C19H21ClN2O. The van der Waals surface area contributed by atoms with Gasteiger partial charge in [-0.3, -0.25) is 4.79 Å². The minimum Gasteiger partial charge on any atom is -0.378 e. The number of hydrogen-bond donors (Lipinski definition) is 2. The summed E-state index contributed by atoms with van der Waals surface area (Å²) < 4.78 is 0. The number of amides is 1. The maximum absolute atomic E-state index is 12.0. The van der Waals surface area contributed by atoms with Crippen LogP contribution in [-0.2, 0) is 0 Å². The zero-order valence-electron chi connectivity index (χ0n) is 13.2. The van der Waals surface area contributed by atoms with Crippen molar-refractivity contribution < 1.29 is 4.79 Å². The van der Waals surface area contributed by atoms with Crippen LogP contribution >= 0.6 is 11.6 Å². The zero-order valence-corrected chi connectivity index (χ0v) is 13.9. The van der Waals surface area contributed by atoms with Crippen molar-refractivity contribution in [2.45, 2.75) is 38.3 Å². The van der Waals surface area contributed by atoms with Gasteiger partial charge in [-0.15, -0.1) is 0 Å².